The Morgan fingerprint density at radius 3 is 2.64 bits per heavy atom. The molecule has 1 nitrogen and oxygen atoms in total. The highest BCUT2D eigenvalue weighted by Crippen LogP contribution is 2.40. The van der Waals surface area contributed by atoms with Gasteiger partial charge in [0.2, 0.25) is 0 Å². The van der Waals surface area contributed by atoms with Crippen LogP contribution in [-0.4, -0.2) is 0 Å². The maximum Gasteiger partial charge on any atom is 0.123 e. The minimum atomic E-state index is -0.184. The van der Waals surface area contributed by atoms with Crippen molar-refractivity contribution in [2.24, 2.45) is 11.7 Å². The monoisotopic (exact) mass is 215 g/mol. The van der Waals surface area contributed by atoms with E-state index < -0.39 is 0 Å². The van der Waals surface area contributed by atoms with Gasteiger partial charge in [-0.3, -0.25) is 0 Å². The van der Waals surface area contributed by atoms with Crippen molar-refractivity contribution in [2.75, 3.05) is 0 Å². The summed E-state index contributed by atoms with van der Waals surface area (Å²) >= 11 is 0. The molecule has 1 fully saturated rings. The van der Waals surface area contributed by atoms with Gasteiger partial charge in [0.25, 0.3) is 0 Å². The van der Waals surface area contributed by atoms with Crippen molar-refractivity contribution in [3.05, 3.63) is 35.1 Å². The molecule has 1 atom stereocenters. The topological polar surface area (TPSA) is 26.0 Å². The maximum atomic E-state index is 12.9. The lowest BCUT2D eigenvalue weighted by atomic mass is 9.98. The average molecular weight is 216 g/mol. The van der Waals surface area contributed by atoms with Gasteiger partial charge in [-0.2, -0.15) is 0 Å². The van der Waals surface area contributed by atoms with Crippen LogP contribution in [0.15, 0.2) is 18.2 Å². The van der Waals surface area contributed by atoms with Gasteiger partial charge in [-0.15, -0.1) is 12.4 Å². The number of rotatable bonds is 2. The van der Waals surface area contributed by atoms with E-state index in [1.54, 1.807) is 12.1 Å². The van der Waals surface area contributed by atoms with Gasteiger partial charge in [0.15, 0.2) is 0 Å². The fraction of sp³-hybridized carbons (Fsp3) is 0.455. The molecule has 2 N–H and O–H groups in total. The summed E-state index contributed by atoms with van der Waals surface area (Å²) in [7, 11) is 0. The van der Waals surface area contributed by atoms with Gasteiger partial charge < -0.3 is 5.73 Å². The number of hydrogen-bond donors (Lipinski definition) is 1. The fourth-order valence-electron chi connectivity index (χ4n) is 1.68. The summed E-state index contributed by atoms with van der Waals surface area (Å²) in [6, 6.07) is 4.89. The predicted octanol–water partition coefficient (Wildman–Crippen LogP) is 2.97. The SMILES string of the molecule is Cc1ccc(F)cc1[C@H](N)C1CC1.Cl. The molecule has 0 aromatic heterocycles. The van der Waals surface area contributed by atoms with Crippen LogP contribution in [-0.2, 0) is 0 Å². The summed E-state index contributed by atoms with van der Waals surface area (Å²) in [4.78, 5) is 0. The zero-order chi connectivity index (χ0) is 9.42. The number of halogens is 2. The molecule has 1 aliphatic carbocycles. The number of hydrogen-bond acceptors (Lipinski definition) is 1. The van der Waals surface area contributed by atoms with Crippen LogP contribution >= 0.6 is 12.4 Å². The molecule has 2 rings (SSSR count). The molecule has 1 aromatic rings. The average Bonchev–Trinajstić information content (AvgIpc) is 2.91. The summed E-state index contributed by atoms with van der Waals surface area (Å²) in [5.74, 6) is 0.400. The lowest BCUT2D eigenvalue weighted by molar-refractivity contribution is 0.599. The molecule has 0 unspecified atom stereocenters. The molecule has 1 saturated carbocycles. The lowest BCUT2D eigenvalue weighted by Gasteiger charge is -2.13. The lowest BCUT2D eigenvalue weighted by Crippen LogP contribution is -2.13. The van der Waals surface area contributed by atoms with Gasteiger partial charge in [-0.1, -0.05) is 6.07 Å². The Balaban J connectivity index is 0.000000980. The molecule has 0 radical (unpaired) electrons. The van der Waals surface area contributed by atoms with Crippen LogP contribution in [0, 0.1) is 18.7 Å². The molecule has 1 aromatic carbocycles. The maximum absolute atomic E-state index is 12.9. The standard InChI is InChI=1S/C11H14FN.ClH/c1-7-2-5-9(12)6-10(7)11(13)8-3-4-8;/h2,5-6,8,11H,3-4,13H2,1H3;1H/t11-;/m1./s1. The van der Waals surface area contributed by atoms with Crippen LogP contribution in [0.2, 0.25) is 0 Å². The number of benzene rings is 1. The van der Waals surface area contributed by atoms with Crippen molar-refractivity contribution in [2.45, 2.75) is 25.8 Å². The second-order valence-corrected chi connectivity index (χ2v) is 3.86. The van der Waals surface area contributed by atoms with Crippen LogP contribution in [0.25, 0.3) is 0 Å². The second-order valence-electron chi connectivity index (χ2n) is 3.86. The number of nitrogens with two attached hydrogens (primary N) is 1. The van der Waals surface area contributed by atoms with Crippen LogP contribution < -0.4 is 5.73 Å². The first kappa shape index (κ1) is 11.5. The zero-order valence-corrected chi connectivity index (χ0v) is 8.98. The normalized spacial score (nSPS) is 17.4. The van der Waals surface area contributed by atoms with Crippen molar-refractivity contribution in [1.82, 2.24) is 0 Å². The summed E-state index contributed by atoms with van der Waals surface area (Å²) in [6.07, 6.45) is 2.38. The highest BCUT2D eigenvalue weighted by atomic mass is 35.5. The van der Waals surface area contributed by atoms with Crippen molar-refractivity contribution >= 4 is 12.4 Å². The van der Waals surface area contributed by atoms with Crippen LogP contribution in [0.4, 0.5) is 4.39 Å². The third-order valence-electron chi connectivity index (χ3n) is 2.73. The van der Waals surface area contributed by atoms with Crippen molar-refractivity contribution in [1.29, 1.82) is 0 Å². The molecule has 0 aliphatic heterocycles. The third-order valence-corrected chi connectivity index (χ3v) is 2.73. The minimum absolute atomic E-state index is 0. The molecule has 0 amide bonds. The van der Waals surface area contributed by atoms with E-state index in [4.69, 9.17) is 5.73 Å². The van der Waals surface area contributed by atoms with E-state index in [1.165, 1.54) is 18.9 Å². The quantitative estimate of drug-likeness (QED) is 0.807. The molecule has 0 spiro atoms. The van der Waals surface area contributed by atoms with Gasteiger partial charge in [0.05, 0.1) is 0 Å². The van der Waals surface area contributed by atoms with Crippen LogP contribution in [0.3, 0.4) is 0 Å². The highest BCUT2D eigenvalue weighted by Gasteiger charge is 2.30. The zero-order valence-electron chi connectivity index (χ0n) is 8.16. The van der Waals surface area contributed by atoms with Crippen molar-refractivity contribution < 1.29 is 4.39 Å². The van der Waals surface area contributed by atoms with Gasteiger partial charge in [-0.05, 0) is 48.9 Å². The minimum Gasteiger partial charge on any atom is -0.324 e. The Morgan fingerprint density at radius 2 is 2.07 bits per heavy atom. The van der Waals surface area contributed by atoms with Gasteiger partial charge in [0, 0.05) is 6.04 Å². The Hall–Kier alpha value is -0.600. The summed E-state index contributed by atoms with van der Waals surface area (Å²) in [5.41, 5.74) is 8.08. The Morgan fingerprint density at radius 1 is 1.43 bits per heavy atom. The van der Waals surface area contributed by atoms with E-state index in [0.717, 1.165) is 11.1 Å². The molecular formula is C11H15ClFN. The molecule has 1 aliphatic rings. The Kier molecular flexibility index (Phi) is 3.51. The number of aryl methyl sites for hydroxylation is 1. The fourth-order valence-corrected chi connectivity index (χ4v) is 1.68. The summed E-state index contributed by atoms with van der Waals surface area (Å²) < 4.78 is 12.9. The molecule has 3 heteroatoms. The largest absolute Gasteiger partial charge is 0.324 e. The Bertz CT molecular complexity index is 323. The summed E-state index contributed by atoms with van der Waals surface area (Å²) in [6.45, 7) is 1.98. The third kappa shape index (κ3) is 2.25. The predicted molar refractivity (Wildman–Crippen MR) is 58.0 cm³/mol. The molecule has 78 valence electrons. The van der Waals surface area contributed by atoms with E-state index in [0.29, 0.717) is 5.92 Å². The first-order chi connectivity index (χ1) is 6.18. The van der Waals surface area contributed by atoms with E-state index in [-0.39, 0.29) is 24.3 Å². The van der Waals surface area contributed by atoms with Crippen LogP contribution in [0.1, 0.15) is 30.0 Å². The van der Waals surface area contributed by atoms with E-state index in [2.05, 4.69) is 0 Å². The molecule has 0 bridgehead atoms. The van der Waals surface area contributed by atoms with Gasteiger partial charge in [0.1, 0.15) is 5.82 Å². The second kappa shape index (κ2) is 4.28. The Labute approximate surface area is 89.9 Å². The van der Waals surface area contributed by atoms with Crippen LogP contribution in [0.5, 0.6) is 0 Å². The smallest absolute Gasteiger partial charge is 0.123 e. The van der Waals surface area contributed by atoms with E-state index >= 15 is 0 Å². The van der Waals surface area contributed by atoms with E-state index in [9.17, 15) is 4.39 Å². The molecular weight excluding hydrogens is 201 g/mol. The molecule has 0 heterocycles. The molecule has 14 heavy (non-hydrogen) atoms. The van der Waals surface area contributed by atoms with Gasteiger partial charge >= 0.3 is 0 Å². The van der Waals surface area contributed by atoms with Gasteiger partial charge in [-0.25, -0.2) is 4.39 Å². The summed E-state index contributed by atoms with van der Waals surface area (Å²) in [5, 5.41) is 0. The molecule has 0 saturated heterocycles. The first-order valence-corrected chi connectivity index (χ1v) is 4.70. The van der Waals surface area contributed by atoms with E-state index in [1.807, 2.05) is 6.92 Å². The highest BCUT2D eigenvalue weighted by molar-refractivity contribution is 5.85. The first-order valence-electron chi connectivity index (χ1n) is 4.70. The van der Waals surface area contributed by atoms with Crippen molar-refractivity contribution in [3.8, 4) is 0 Å². The van der Waals surface area contributed by atoms with Crippen molar-refractivity contribution in [3.63, 3.8) is 0 Å².